The standard InChI is InChI=1S/C17H27NO2S/c1-3-4-6-11-17(14-16-9-7-5-8-10-16)15-18-12-13-21(2,19)20/h5,7-10,14,18H,3-4,6,11-13,15H2,1-2H3/b17-14-. The van der Waals surface area contributed by atoms with Crippen molar-refractivity contribution in [3.05, 3.63) is 41.5 Å². The predicted octanol–water partition coefficient (Wildman–Crippen LogP) is 3.28. The zero-order chi connectivity index (χ0) is 15.6. The zero-order valence-electron chi connectivity index (χ0n) is 13.1. The Morgan fingerprint density at radius 3 is 2.52 bits per heavy atom. The molecule has 4 heteroatoms. The molecule has 0 aliphatic carbocycles. The number of hydrogen-bond acceptors (Lipinski definition) is 3. The molecule has 3 nitrogen and oxygen atoms in total. The Morgan fingerprint density at radius 2 is 1.90 bits per heavy atom. The summed E-state index contributed by atoms with van der Waals surface area (Å²) < 4.78 is 22.2. The molecule has 0 aliphatic heterocycles. The van der Waals surface area contributed by atoms with Gasteiger partial charge in [-0.1, -0.05) is 61.7 Å². The van der Waals surface area contributed by atoms with Gasteiger partial charge in [0.15, 0.2) is 0 Å². The quantitative estimate of drug-likeness (QED) is 0.675. The monoisotopic (exact) mass is 309 g/mol. The summed E-state index contributed by atoms with van der Waals surface area (Å²) in [5.74, 6) is 0.195. The van der Waals surface area contributed by atoms with Gasteiger partial charge in [-0.25, -0.2) is 8.42 Å². The number of hydrogen-bond donors (Lipinski definition) is 1. The van der Waals surface area contributed by atoms with Crippen LogP contribution in [-0.2, 0) is 9.84 Å². The molecule has 1 aromatic carbocycles. The van der Waals surface area contributed by atoms with Gasteiger partial charge in [-0.2, -0.15) is 0 Å². The van der Waals surface area contributed by atoms with Crippen molar-refractivity contribution in [2.75, 3.05) is 25.1 Å². The molecule has 0 heterocycles. The van der Waals surface area contributed by atoms with E-state index >= 15 is 0 Å². The van der Waals surface area contributed by atoms with Crippen LogP contribution in [0.1, 0.15) is 38.2 Å². The maximum atomic E-state index is 11.1. The molecular formula is C17H27NO2S. The maximum Gasteiger partial charge on any atom is 0.148 e. The van der Waals surface area contributed by atoms with E-state index in [1.54, 1.807) is 0 Å². The summed E-state index contributed by atoms with van der Waals surface area (Å²) in [5, 5.41) is 3.24. The summed E-state index contributed by atoms with van der Waals surface area (Å²) in [6.45, 7) is 3.47. The van der Waals surface area contributed by atoms with Gasteiger partial charge in [-0.05, 0) is 18.4 Å². The first-order valence-corrected chi connectivity index (χ1v) is 9.70. The molecule has 0 fully saturated rings. The molecule has 0 aliphatic rings. The highest BCUT2D eigenvalue weighted by Crippen LogP contribution is 2.13. The fraction of sp³-hybridized carbons (Fsp3) is 0.529. The molecule has 1 rings (SSSR count). The molecule has 118 valence electrons. The molecular weight excluding hydrogens is 282 g/mol. The van der Waals surface area contributed by atoms with Crippen LogP contribution in [0.3, 0.4) is 0 Å². The van der Waals surface area contributed by atoms with Gasteiger partial charge >= 0.3 is 0 Å². The predicted molar refractivity (Wildman–Crippen MR) is 91.1 cm³/mol. The molecule has 0 aromatic heterocycles. The highest BCUT2D eigenvalue weighted by molar-refractivity contribution is 7.90. The summed E-state index contributed by atoms with van der Waals surface area (Å²) in [4.78, 5) is 0. The highest BCUT2D eigenvalue weighted by atomic mass is 32.2. The normalized spacial score (nSPS) is 12.6. The van der Waals surface area contributed by atoms with Crippen molar-refractivity contribution in [1.82, 2.24) is 5.32 Å². The molecule has 1 N–H and O–H groups in total. The first-order chi connectivity index (χ1) is 10.0. The van der Waals surface area contributed by atoms with Gasteiger partial charge in [0.25, 0.3) is 0 Å². The van der Waals surface area contributed by atoms with Crippen LogP contribution in [-0.4, -0.2) is 33.5 Å². The zero-order valence-corrected chi connectivity index (χ0v) is 14.0. The van der Waals surface area contributed by atoms with Crippen LogP contribution in [0.25, 0.3) is 6.08 Å². The van der Waals surface area contributed by atoms with Crippen molar-refractivity contribution in [3.63, 3.8) is 0 Å². The topological polar surface area (TPSA) is 46.2 Å². The van der Waals surface area contributed by atoms with Gasteiger partial charge in [0.1, 0.15) is 9.84 Å². The van der Waals surface area contributed by atoms with Crippen LogP contribution >= 0.6 is 0 Å². The lowest BCUT2D eigenvalue weighted by atomic mass is 10.0. The number of rotatable bonds is 10. The van der Waals surface area contributed by atoms with E-state index in [2.05, 4.69) is 30.4 Å². The van der Waals surface area contributed by atoms with E-state index in [1.807, 2.05) is 18.2 Å². The summed E-state index contributed by atoms with van der Waals surface area (Å²) >= 11 is 0. The fourth-order valence-corrected chi connectivity index (χ4v) is 2.62. The molecule has 0 atom stereocenters. The first kappa shape index (κ1) is 17.9. The van der Waals surface area contributed by atoms with E-state index in [4.69, 9.17) is 0 Å². The summed E-state index contributed by atoms with van der Waals surface area (Å²) in [7, 11) is -2.88. The van der Waals surface area contributed by atoms with Gasteiger partial charge in [0.05, 0.1) is 5.75 Å². The third-order valence-corrected chi connectivity index (χ3v) is 4.22. The summed E-state index contributed by atoms with van der Waals surface area (Å²) in [6.07, 6.45) is 8.17. The van der Waals surface area contributed by atoms with Crippen LogP contribution in [0.4, 0.5) is 0 Å². The Balaban J connectivity index is 2.54. The number of benzene rings is 1. The van der Waals surface area contributed by atoms with E-state index in [-0.39, 0.29) is 5.75 Å². The summed E-state index contributed by atoms with van der Waals surface area (Å²) in [6, 6.07) is 10.3. The molecule has 0 spiro atoms. The Bertz CT molecular complexity index is 521. The average molecular weight is 309 g/mol. The fourth-order valence-electron chi connectivity index (χ4n) is 2.11. The maximum absolute atomic E-state index is 11.1. The molecule has 0 saturated heterocycles. The van der Waals surface area contributed by atoms with E-state index in [1.165, 1.54) is 36.7 Å². The van der Waals surface area contributed by atoms with Crippen molar-refractivity contribution >= 4 is 15.9 Å². The second-order valence-electron chi connectivity index (χ2n) is 5.48. The van der Waals surface area contributed by atoms with E-state index in [0.29, 0.717) is 6.54 Å². The minimum absolute atomic E-state index is 0.195. The molecule has 0 saturated carbocycles. The second kappa shape index (κ2) is 9.74. The molecule has 0 radical (unpaired) electrons. The van der Waals surface area contributed by atoms with Crippen molar-refractivity contribution in [2.24, 2.45) is 0 Å². The Labute approximate surface area is 129 Å². The van der Waals surface area contributed by atoms with E-state index in [0.717, 1.165) is 13.0 Å². The minimum atomic E-state index is -2.88. The van der Waals surface area contributed by atoms with Crippen LogP contribution in [0.5, 0.6) is 0 Å². The molecule has 1 aromatic rings. The van der Waals surface area contributed by atoms with Gasteiger partial charge in [0, 0.05) is 19.3 Å². The average Bonchev–Trinajstić information content (AvgIpc) is 2.43. The highest BCUT2D eigenvalue weighted by Gasteiger charge is 2.03. The lowest BCUT2D eigenvalue weighted by molar-refractivity contribution is 0.597. The second-order valence-corrected chi connectivity index (χ2v) is 7.74. The lowest BCUT2D eigenvalue weighted by Crippen LogP contribution is -2.24. The van der Waals surface area contributed by atoms with Crippen molar-refractivity contribution in [1.29, 1.82) is 0 Å². The number of sulfone groups is 1. The van der Waals surface area contributed by atoms with Gasteiger partial charge in [0.2, 0.25) is 0 Å². The largest absolute Gasteiger partial charge is 0.312 e. The third-order valence-electron chi connectivity index (χ3n) is 3.27. The van der Waals surface area contributed by atoms with Crippen molar-refractivity contribution in [3.8, 4) is 0 Å². The third kappa shape index (κ3) is 9.43. The van der Waals surface area contributed by atoms with Crippen LogP contribution < -0.4 is 5.32 Å². The molecule has 21 heavy (non-hydrogen) atoms. The van der Waals surface area contributed by atoms with E-state index < -0.39 is 9.84 Å². The number of unbranched alkanes of at least 4 members (excludes halogenated alkanes) is 2. The smallest absolute Gasteiger partial charge is 0.148 e. The van der Waals surface area contributed by atoms with Crippen LogP contribution in [0.15, 0.2) is 35.9 Å². The molecule has 0 amide bonds. The Kier molecular flexibility index (Phi) is 8.31. The molecule has 0 unspecified atom stereocenters. The van der Waals surface area contributed by atoms with Crippen molar-refractivity contribution < 1.29 is 8.42 Å². The van der Waals surface area contributed by atoms with Gasteiger partial charge in [-0.15, -0.1) is 0 Å². The lowest BCUT2D eigenvalue weighted by Gasteiger charge is -2.09. The summed E-state index contributed by atoms with van der Waals surface area (Å²) in [5.41, 5.74) is 2.54. The first-order valence-electron chi connectivity index (χ1n) is 7.64. The minimum Gasteiger partial charge on any atom is -0.312 e. The van der Waals surface area contributed by atoms with Crippen LogP contribution in [0.2, 0.25) is 0 Å². The number of nitrogens with one attached hydrogen (secondary N) is 1. The van der Waals surface area contributed by atoms with Crippen molar-refractivity contribution in [2.45, 2.75) is 32.6 Å². The van der Waals surface area contributed by atoms with Gasteiger partial charge < -0.3 is 5.32 Å². The van der Waals surface area contributed by atoms with Crippen LogP contribution in [0, 0.1) is 0 Å². The Hall–Kier alpha value is -1.13. The van der Waals surface area contributed by atoms with E-state index in [9.17, 15) is 8.42 Å². The SMILES string of the molecule is CCCCC/C(=C/c1ccccc1)CNCCS(C)(=O)=O. The Morgan fingerprint density at radius 1 is 1.19 bits per heavy atom. The molecule has 0 bridgehead atoms. The van der Waals surface area contributed by atoms with Gasteiger partial charge in [-0.3, -0.25) is 0 Å².